The second kappa shape index (κ2) is 7.59. The van der Waals surface area contributed by atoms with Crippen LogP contribution in [0.1, 0.15) is 38.5 Å². The summed E-state index contributed by atoms with van der Waals surface area (Å²) in [5.74, 6) is 0.862. The SMILES string of the molecule is O=C(CCC1CCCC1)N1CCN(S(=O)(=O)c2c[nH]c3ncccc23)CC1. The van der Waals surface area contributed by atoms with Crippen LogP contribution in [0.25, 0.3) is 11.0 Å². The molecule has 1 aliphatic carbocycles. The van der Waals surface area contributed by atoms with Crippen molar-refractivity contribution < 1.29 is 13.2 Å². The highest BCUT2D eigenvalue weighted by Crippen LogP contribution is 2.29. The van der Waals surface area contributed by atoms with Gasteiger partial charge in [0.15, 0.2) is 0 Å². The molecule has 7 nitrogen and oxygen atoms in total. The Kier molecular flexibility index (Phi) is 5.19. The third kappa shape index (κ3) is 3.73. The fourth-order valence-electron chi connectivity index (χ4n) is 4.25. The number of pyridine rings is 1. The van der Waals surface area contributed by atoms with Crippen LogP contribution in [0.3, 0.4) is 0 Å². The van der Waals surface area contributed by atoms with Gasteiger partial charge < -0.3 is 9.88 Å². The average molecular weight is 391 g/mol. The first-order valence-electron chi connectivity index (χ1n) is 9.76. The molecular weight excluding hydrogens is 364 g/mol. The largest absolute Gasteiger partial charge is 0.345 e. The van der Waals surface area contributed by atoms with E-state index in [1.807, 2.05) is 4.90 Å². The third-order valence-corrected chi connectivity index (χ3v) is 7.80. The summed E-state index contributed by atoms with van der Waals surface area (Å²) in [4.78, 5) is 21.6. The number of rotatable bonds is 5. The lowest BCUT2D eigenvalue weighted by atomic mass is 10.0. The van der Waals surface area contributed by atoms with E-state index in [2.05, 4.69) is 9.97 Å². The molecule has 2 aromatic rings. The van der Waals surface area contributed by atoms with Crippen molar-refractivity contribution in [2.45, 2.75) is 43.4 Å². The summed E-state index contributed by atoms with van der Waals surface area (Å²) >= 11 is 0. The lowest BCUT2D eigenvalue weighted by Crippen LogP contribution is -2.50. The van der Waals surface area contributed by atoms with E-state index in [4.69, 9.17) is 0 Å². The normalized spacial score (nSPS) is 19.8. The number of nitrogens with one attached hydrogen (secondary N) is 1. The Morgan fingerprint density at radius 1 is 1.19 bits per heavy atom. The number of piperazine rings is 1. The quantitative estimate of drug-likeness (QED) is 0.849. The number of hydrogen-bond acceptors (Lipinski definition) is 4. The summed E-state index contributed by atoms with van der Waals surface area (Å²) in [6.07, 6.45) is 9.78. The van der Waals surface area contributed by atoms with Gasteiger partial charge in [0, 0.05) is 50.4 Å². The number of amides is 1. The molecule has 0 bridgehead atoms. The highest BCUT2D eigenvalue weighted by molar-refractivity contribution is 7.89. The summed E-state index contributed by atoms with van der Waals surface area (Å²) in [7, 11) is -3.60. The van der Waals surface area contributed by atoms with E-state index in [9.17, 15) is 13.2 Å². The van der Waals surface area contributed by atoms with Gasteiger partial charge in [-0.1, -0.05) is 25.7 Å². The maximum atomic E-state index is 13.0. The second-order valence-corrected chi connectivity index (χ2v) is 9.43. The highest BCUT2D eigenvalue weighted by atomic mass is 32.2. The van der Waals surface area contributed by atoms with Gasteiger partial charge in [-0.2, -0.15) is 4.31 Å². The van der Waals surface area contributed by atoms with E-state index in [1.165, 1.54) is 36.2 Å². The molecule has 0 spiro atoms. The number of sulfonamides is 1. The van der Waals surface area contributed by atoms with Crippen LogP contribution in [0, 0.1) is 5.92 Å². The van der Waals surface area contributed by atoms with Crippen molar-refractivity contribution in [3.63, 3.8) is 0 Å². The molecule has 0 unspecified atom stereocenters. The smallest absolute Gasteiger partial charge is 0.245 e. The lowest BCUT2D eigenvalue weighted by Gasteiger charge is -2.34. The van der Waals surface area contributed by atoms with Crippen LogP contribution < -0.4 is 0 Å². The minimum atomic E-state index is -3.60. The van der Waals surface area contributed by atoms with Gasteiger partial charge in [-0.15, -0.1) is 0 Å². The fourth-order valence-corrected chi connectivity index (χ4v) is 5.82. The predicted octanol–water partition coefficient (Wildman–Crippen LogP) is 2.37. The van der Waals surface area contributed by atoms with Gasteiger partial charge in [0.2, 0.25) is 15.9 Å². The summed E-state index contributed by atoms with van der Waals surface area (Å²) in [5, 5.41) is 0.604. The number of aromatic nitrogens is 2. The maximum absolute atomic E-state index is 13.0. The van der Waals surface area contributed by atoms with Gasteiger partial charge in [-0.3, -0.25) is 4.79 Å². The van der Waals surface area contributed by atoms with Crippen LogP contribution in [-0.4, -0.2) is 59.7 Å². The molecule has 0 atom stereocenters. The molecule has 1 amide bonds. The van der Waals surface area contributed by atoms with Crippen molar-refractivity contribution in [3.05, 3.63) is 24.5 Å². The Morgan fingerprint density at radius 3 is 2.67 bits per heavy atom. The third-order valence-electron chi connectivity index (χ3n) is 5.86. The van der Waals surface area contributed by atoms with Crippen molar-refractivity contribution in [1.82, 2.24) is 19.2 Å². The Balaban J connectivity index is 1.37. The summed E-state index contributed by atoms with van der Waals surface area (Å²) in [5.41, 5.74) is 0.566. The second-order valence-electron chi connectivity index (χ2n) is 7.53. The first kappa shape index (κ1) is 18.4. The molecule has 0 aromatic carbocycles. The number of H-pyrrole nitrogens is 1. The fraction of sp³-hybridized carbons (Fsp3) is 0.579. The molecule has 1 N–H and O–H groups in total. The molecule has 2 aromatic heterocycles. The van der Waals surface area contributed by atoms with Crippen molar-refractivity contribution in [2.75, 3.05) is 26.2 Å². The van der Waals surface area contributed by atoms with Crippen molar-refractivity contribution in [2.24, 2.45) is 5.92 Å². The number of hydrogen-bond donors (Lipinski definition) is 1. The minimum Gasteiger partial charge on any atom is -0.345 e. The molecule has 2 aliphatic rings. The van der Waals surface area contributed by atoms with Crippen LogP contribution in [0.15, 0.2) is 29.4 Å². The highest BCUT2D eigenvalue weighted by Gasteiger charge is 2.32. The summed E-state index contributed by atoms with van der Waals surface area (Å²) in [6, 6.07) is 3.49. The standard InChI is InChI=1S/C19H26N4O3S/c24-18(8-7-15-4-1-2-5-15)22-10-12-23(13-11-22)27(25,26)17-14-21-19-16(17)6-3-9-20-19/h3,6,9,14-15H,1-2,4-5,7-8,10-13H2,(H,20,21). The molecule has 0 radical (unpaired) electrons. The van der Waals surface area contributed by atoms with Crippen LogP contribution in [0.2, 0.25) is 0 Å². The Bertz CT molecular complexity index is 910. The van der Waals surface area contributed by atoms with Gasteiger partial charge in [0.1, 0.15) is 10.5 Å². The van der Waals surface area contributed by atoms with Gasteiger partial charge >= 0.3 is 0 Å². The van der Waals surface area contributed by atoms with E-state index in [-0.39, 0.29) is 10.8 Å². The van der Waals surface area contributed by atoms with Crippen LogP contribution in [0.4, 0.5) is 0 Å². The Labute approximate surface area is 159 Å². The average Bonchev–Trinajstić information content (AvgIpc) is 3.36. The first-order valence-corrected chi connectivity index (χ1v) is 11.2. The molecule has 2 fully saturated rings. The van der Waals surface area contributed by atoms with E-state index < -0.39 is 10.0 Å². The van der Waals surface area contributed by atoms with Crippen molar-refractivity contribution in [1.29, 1.82) is 0 Å². The number of nitrogens with zero attached hydrogens (tertiary/aromatic N) is 3. The van der Waals surface area contributed by atoms with Gasteiger partial charge in [-0.05, 0) is 24.5 Å². The molecule has 1 saturated carbocycles. The van der Waals surface area contributed by atoms with Crippen molar-refractivity contribution >= 4 is 27.0 Å². The van der Waals surface area contributed by atoms with Crippen LogP contribution in [0.5, 0.6) is 0 Å². The molecular formula is C19H26N4O3S. The van der Waals surface area contributed by atoms with E-state index in [1.54, 1.807) is 18.3 Å². The Hall–Kier alpha value is -1.93. The minimum absolute atomic E-state index is 0.162. The summed E-state index contributed by atoms with van der Waals surface area (Å²) in [6.45, 7) is 1.60. The van der Waals surface area contributed by atoms with Gasteiger partial charge in [0.25, 0.3) is 0 Å². The lowest BCUT2D eigenvalue weighted by molar-refractivity contribution is -0.132. The number of carbonyl (C=O) groups is 1. The van der Waals surface area contributed by atoms with Crippen molar-refractivity contribution in [3.8, 4) is 0 Å². The van der Waals surface area contributed by atoms with E-state index >= 15 is 0 Å². The maximum Gasteiger partial charge on any atom is 0.245 e. The van der Waals surface area contributed by atoms with Crippen LogP contribution in [-0.2, 0) is 14.8 Å². The number of aromatic amines is 1. The zero-order chi connectivity index (χ0) is 18.9. The van der Waals surface area contributed by atoms with Gasteiger partial charge in [0.05, 0.1) is 0 Å². The zero-order valence-corrected chi connectivity index (χ0v) is 16.2. The predicted molar refractivity (Wildman–Crippen MR) is 103 cm³/mol. The molecule has 1 aliphatic heterocycles. The van der Waals surface area contributed by atoms with Crippen LogP contribution >= 0.6 is 0 Å². The first-order chi connectivity index (χ1) is 13.1. The molecule has 146 valence electrons. The van der Waals surface area contributed by atoms with Gasteiger partial charge in [-0.25, -0.2) is 13.4 Å². The molecule has 27 heavy (non-hydrogen) atoms. The Morgan fingerprint density at radius 2 is 1.93 bits per heavy atom. The summed E-state index contributed by atoms with van der Waals surface area (Å²) < 4.78 is 27.5. The van der Waals surface area contributed by atoms with E-state index in [0.717, 1.165) is 6.42 Å². The molecule has 8 heteroatoms. The molecule has 3 heterocycles. The molecule has 4 rings (SSSR count). The number of fused-ring (bicyclic) bond motifs is 1. The number of carbonyl (C=O) groups excluding carboxylic acids is 1. The molecule has 1 saturated heterocycles. The zero-order valence-electron chi connectivity index (χ0n) is 15.4. The van der Waals surface area contributed by atoms with E-state index in [0.29, 0.717) is 49.6 Å². The topological polar surface area (TPSA) is 86.4 Å². The monoisotopic (exact) mass is 390 g/mol.